The first-order valence-corrected chi connectivity index (χ1v) is 5.27. The Balaban J connectivity index is 2.08. The van der Waals surface area contributed by atoms with Gasteiger partial charge in [0.2, 0.25) is 5.95 Å². The summed E-state index contributed by atoms with van der Waals surface area (Å²) >= 11 is 0. The van der Waals surface area contributed by atoms with Crippen LogP contribution < -0.4 is 10.6 Å². The fourth-order valence-electron chi connectivity index (χ4n) is 1.78. The Morgan fingerprint density at radius 3 is 3.07 bits per heavy atom. The Hall–Kier alpha value is -1.14. The topological polar surface area (TPSA) is 91.1 Å². The second-order valence-corrected chi connectivity index (χ2v) is 4.04. The lowest BCUT2D eigenvalue weighted by atomic mass is 10.1. The van der Waals surface area contributed by atoms with Crippen LogP contribution in [-0.2, 0) is 0 Å². The zero-order valence-corrected chi connectivity index (χ0v) is 8.85. The van der Waals surface area contributed by atoms with Gasteiger partial charge in [0.1, 0.15) is 6.10 Å². The summed E-state index contributed by atoms with van der Waals surface area (Å²) in [5.41, 5.74) is 5.87. The molecule has 1 aromatic heterocycles. The number of piperidine rings is 1. The first kappa shape index (κ1) is 10.4. The number of rotatable bonds is 2. The minimum absolute atomic E-state index is 0.201. The van der Waals surface area contributed by atoms with Crippen molar-refractivity contribution in [3.8, 4) is 0 Å². The van der Waals surface area contributed by atoms with E-state index < -0.39 is 6.10 Å². The molecule has 0 bridgehead atoms. The molecule has 0 aromatic carbocycles. The van der Waals surface area contributed by atoms with Crippen LogP contribution >= 0.6 is 0 Å². The Morgan fingerprint density at radius 2 is 2.47 bits per heavy atom. The number of aliphatic hydroxyl groups excluding tert-OH is 1. The van der Waals surface area contributed by atoms with Crippen LogP contribution in [0.5, 0.6) is 0 Å². The number of aliphatic hydroxyl groups is 1. The van der Waals surface area contributed by atoms with Crippen LogP contribution in [0.25, 0.3) is 0 Å². The van der Waals surface area contributed by atoms with Gasteiger partial charge in [0.05, 0.1) is 0 Å². The fourth-order valence-corrected chi connectivity index (χ4v) is 1.78. The van der Waals surface area contributed by atoms with Crippen molar-refractivity contribution in [3.05, 3.63) is 5.82 Å². The van der Waals surface area contributed by atoms with Crippen LogP contribution in [0.4, 0.5) is 5.95 Å². The molecular weight excluding hydrogens is 194 g/mol. The van der Waals surface area contributed by atoms with E-state index in [9.17, 15) is 5.11 Å². The van der Waals surface area contributed by atoms with Crippen molar-refractivity contribution in [3.63, 3.8) is 0 Å². The van der Waals surface area contributed by atoms with Crippen LogP contribution in [0.1, 0.15) is 31.7 Å². The summed E-state index contributed by atoms with van der Waals surface area (Å²) in [6.07, 6.45) is 1.52. The number of aromatic amines is 1. The predicted octanol–water partition coefficient (Wildman–Crippen LogP) is -0.215. The molecular formula is C9H17N5O. The minimum atomic E-state index is -0.607. The predicted molar refractivity (Wildman–Crippen MR) is 56.4 cm³/mol. The van der Waals surface area contributed by atoms with Gasteiger partial charge in [-0.15, -0.1) is 5.10 Å². The van der Waals surface area contributed by atoms with Crippen molar-refractivity contribution in [2.75, 3.05) is 18.0 Å². The average molecular weight is 211 g/mol. The van der Waals surface area contributed by atoms with Crippen molar-refractivity contribution in [2.45, 2.75) is 31.9 Å². The lowest BCUT2D eigenvalue weighted by Crippen LogP contribution is -2.43. The fraction of sp³-hybridized carbons (Fsp3) is 0.778. The van der Waals surface area contributed by atoms with Gasteiger partial charge in [0.15, 0.2) is 5.82 Å². The zero-order valence-electron chi connectivity index (χ0n) is 8.85. The molecule has 0 spiro atoms. The lowest BCUT2D eigenvalue weighted by molar-refractivity contribution is 0.189. The third-order valence-electron chi connectivity index (χ3n) is 2.63. The van der Waals surface area contributed by atoms with Crippen molar-refractivity contribution in [2.24, 2.45) is 5.73 Å². The number of hydrogen-bond donors (Lipinski definition) is 3. The van der Waals surface area contributed by atoms with Gasteiger partial charge in [0.25, 0.3) is 0 Å². The van der Waals surface area contributed by atoms with Crippen LogP contribution in [0.15, 0.2) is 0 Å². The molecule has 2 atom stereocenters. The normalized spacial score (nSPS) is 24.2. The molecule has 0 aliphatic carbocycles. The summed E-state index contributed by atoms with van der Waals surface area (Å²) in [4.78, 5) is 6.27. The van der Waals surface area contributed by atoms with E-state index >= 15 is 0 Å². The lowest BCUT2D eigenvalue weighted by Gasteiger charge is -2.29. The number of aromatic nitrogens is 3. The van der Waals surface area contributed by atoms with E-state index in [1.807, 2.05) is 0 Å². The van der Waals surface area contributed by atoms with Gasteiger partial charge in [-0.25, -0.2) is 0 Å². The third kappa shape index (κ3) is 2.27. The molecule has 1 aromatic rings. The number of nitrogens with one attached hydrogen (secondary N) is 1. The molecule has 84 valence electrons. The SMILES string of the molecule is CC(O)c1nc(N2CCCC(N)C2)n[nH]1. The smallest absolute Gasteiger partial charge is 0.244 e. The quantitative estimate of drug-likeness (QED) is 0.629. The van der Waals surface area contributed by atoms with Gasteiger partial charge in [-0.2, -0.15) is 4.98 Å². The molecule has 0 saturated carbocycles. The molecule has 1 aliphatic rings. The Morgan fingerprint density at radius 1 is 1.67 bits per heavy atom. The highest BCUT2D eigenvalue weighted by atomic mass is 16.3. The summed E-state index contributed by atoms with van der Waals surface area (Å²) in [6, 6.07) is 0.201. The number of H-pyrrole nitrogens is 1. The Labute approximate surface area is 88.5 Å². The van der Waals surface area contributed by atoms with Gasteiger partial charge in [-0.3, -0.25) is 5.10 Å². The number of nitrogens with two attached hydrogens (primary N) is 1. The van der Waals surface area contributed by atoms with Gasteiger partial charge in [-0.1, -0.05) is 0 Å². The largest absolute Gasteiger partial charge is 0.385 e. The second-order valence-electron chi connectivity index (χ2n) is 4.04. The molecule has 2 unspecified atom stereocenters. The molecule has 2 heterocycles. The van der Waals surface area contributed by atoms with Crippen molar-refractivity contribution in [1.82, 2.24) is 15.2 Å². The maximum Gasteiger partial charge on any atom is 0.244 e. The maximum absolute atomic E-state index is 9.31. The first-order valence-electron chi connectivity index (χ1n) is 5.27. The number of anilines is 1. The summed E-state index contributed by atoms with van der Waals surface area (Å²) in [6.45, 7) is 3.38. The molecule has 6 heteroatoms. The van der Waals surface area contributed by atoms with E-state index in [-0.39, 0.29) is 6.04 Å². The van der Waals surface area contributed by atoms with E-state index in [1.54, 1.807) is 6.92 Å². The zero-order chi connectivity index (χ0) is 10.8. The molecule has 0 radical (unpaired) electrons. The minimum Gasteiger partial charge on any atom is -0.385 e. The molecule has 0 amide bonds. The van der Waals surface area contributed by atoms with Crippen LogP contribution in [0, 0.1) is 0 Å². The molecule has 6 nitrogen and oxygen atoms in total. The van der Waals surface area contributed by atoms with Gasteiger partial charge < -0.3 is 15.7 Å². The molecule has 4 N–H and O–H groups in total. The van der Waals surface area contributed by atoms with Crippen LogP contribution in [0.3, 0.4) is 0 Å². The van der Waals surface area contributed by atoms with Gasteiger partial charge in [-0.05, 0) is 19.8 Å². The van der Waals surface area contributed by atoms with Crippen LogP contribution in [-0.4, -0.2) is 39.4 Å². The highest BCUT2D eigenvalue weighted by Crippen LogP contribution is 2.16. The van der Waals surface area contributed by atoms with Crippen molar-refractivity contribution in [1.29, 1.82) is 0 Å². The molecule has 1 fully saturated rings. The summed E-state index contributed by atoms with van der Waals surface area (Å²) in [7, 11) is 0. The standard InChI is InChI=1S/C9H17N5O/c1-6(15)8-11-9(13-12-8)14-4-2-3-7(10)5-14/h6-7,15H,2-5,10H2,1H3,(H,11,12,13). The van der Waals surface area contributed by atoms with Crippen LogP contribution in [0.2, 0.25) is 0 Å². The monoisotopic (exact) mass is 211 g/mol. The van der Waals surface area contributed by atoms with Gasteiger partial charge in [0, 0.05) is 19.1 Å². The van der Waals surface area contributed by atoms with E-state index in [0.29, 0.717) is 11.8 Å². The summed E-state index contributed by atoms with van der Waals surface area (Å²) < 4.78 is 0. The number of hydrogen-bond acceptors (Lipinski definition) is 5. The van der Waals surface area contributed by atoms with Crippen molar-refractivity contribution >= 4 is 5.95 Å². The van der Waals surface area contributed by atoms with E-state index in [1.165, 1.54) is 0 Å². The summed E-state index contributed by atoms with van der Waals surface area (Å²) in [5.74, 6) is 1.14. The third-order valence-corrected chi connectivity index (χ3v) is 2.63. The highest BCUT2D eigenvalue weighted by Gasteiger charge is 2.20. The molecule has 15 heavy (non-hydrogen) atoms. The first-order chi connectivity index (χ1) is 7.16. The Kier molecular flexibility index (Phi) is 2.88. The second kappa shape index (κ2) is 4.16. The van der Waals surface area contributed by atoms with E-state index in [0.717, 1.165) is 25.9 Å². The maximum atomic E-state index is 9.31. The number of nitrogens with zero attached hydrogens (tertiary/aromatic N) is 3. The van der Waals surface area contributed by atoms with E-state index in [2.05, 4.69) is 20.1 Å². The Bertz CT molecular complexity index is 324. The highest BCUT2D eigenvalue weighted by molar-refractivity contribution is 5.30. The van der Waals surface area contributed by atoms with E-state index in [4.69, 9.17) is 5.73 Å². The average Bonchev–Trinajstić information content (AvgIpc) is 2.66. The van der Waals surface area contributed by atoms with Crippen molar-refractivity contribution < 1.29 is 5.11 Å². The van der Waals surface area contributed by atoms with Gasteiger partial charge >= 0.3 is 0 Å². The summed E-state index contributed by atoms with van der Waals surface area (Å²) in [5, 5.41) is 16.1. The molecule has 2 rings (SSSR count). The molecule has 1 saturated heterocycles. The molecule has 1 aliphatic heterocycles.